The number of ether oxygens (including phenoxy) is 1. The molecule has 0 aliphatic heterocycles. The van der Waals surface area contributed by atoms with Gasteiger partial charge in [0.15, 0.2) is 0 Å². The van der Waals surface area contributed by atoms with Crippen LogP contribution >= 0.6 is 11.6 Å². The predicted molar refractivity (Wildman–Crippen MR) is 79.8 cm³/mol. The first kappa shape index (κ1) is 16.2. The maximum absolute atomic E-state index is 5.97. The van der Waals surface area contributed by atoms with E-state index in [0.717, 1.165) is 50.7 Å². The summed E-state index contributed by atoms with van der Waals surface area (Å²) in [7, 11) is 0. The fourth-order valence-electron chi connectivity index (χ4n) is 1.60. The van der Waals surface area contributed by atoms with Gasteiger partial charge in [0.05, 0.1) is 0 Å². The molecule has 19 heavy (non-hydrogen) atoms. The zero-order valence-electron chi connectivity index (χ0n) is 12.1. The third-order valence-corrected chi connectivity index (χ3v) is 2.63. The van der Waals surface area contributed by atoms with Gasteiger partial charge in [-0.25, -0.2) is 9.97 Å². The van der Waals surface area contributed by atoms with Gasteiger partial charge in [0.2, 0.25) is 0 Å². The van der Waals surface area contributed by atoms with Gasteiger partial charge >= 0.3 is 0 Å². The Morgan fingerprint density at radius 3 is 2.84 bits per heavy atom. The lowest BCUT2D eigenvalue weighted by Gasteiger charge is -2.09. The third kappa shape index (κ3) is 7.33. The number of nitrogens with one attached hydrogen (secondary N) is 1. The molecule has 0 radical (unpaired) electrons. The van der Waals surface area contributed by atoms with E-state index in [2.05, 4.69) is 36.1 Å². The second-order valence-electron chi connectivity index (χ2n) is 4.99. The molecule has 0 spiro atoms. The second kappa shape index (κ2) is 9.10. The van der Waals surface area contributed by atoms with Gasteiger partial charge in [0.1, 0.15) is 16.8 Å². The summed E-state index contributed by atoms with van der Waals surface area (Å²) in [5, 5.41) is 3.75. The minimum absolute atomic E-state index is 0.497. The van der Waals surface area contributed by atoms with Crippen LogP contribution in [0.4, 0.5) is 5.82 Å². The van der Waals surface area contributed by atoms with E-state index in [9.17, 15) is 0 Å². The zero-order chi connectivity index (χ0) is 14.1. The molecular weight excluding hydrogens is 262 g/mol. The molecule has 0 saturated heterocycles. The van der Waals surface area contributed by atoms with Gasteiger partial charge in [-0.1, -0.05) is 32.4 Å². The molecular formula is C14H24ClN3O. The predicted octanol–water partition coefficient (Wildman–Crippen LogP) is 3.56. The van der Waals surface area contributed by atoms with Crippen molar-refractivity contribution in [1.29, 1.82) is 0 Å². The smallest absolute Gasteiger partial charge is 0.134 e. The highest BCUT2D eigenvalue weighted by atomic mass is 35.5. The highest BCUT2D eigenvalue weighted by Crippen LogP contribution is 2.12. The van der Waals surface area contributed by atoms with Gasteiger partial charge in [-0.15, -0.1) is 0 Å². The molecule has 0 aliphatic rings. The fourth-order valence-corrected chi connectivity index (χ4v) is 1.80. The Morgan fingerprint density at radius 1 is 1.37 bits per heavy atom. The van der Waals surface area contributed by atoms with E-state index in [1.807, 2.05) is 0 Å². The van der Waals surface area contributed by atoms with E-state index in [0.29, 0.717) is 11.1 Å². The van der Waals surface area contributed by atoms with E-state index in [1.165, 1.54) is 0 Å². The van der Waals surface area contributed by atoms with Crippen LogP contribution < -0.4 is 5.32 Å². The number of anilines is 1. The Balaban J connectivity index is 2.28. The van der Waals surface area contributed by atoms with Crippen molar-refractivity contribution in [3.63, 3.8) is 0 Å². The molecule has 0 amide bonds. The number of nitrogens with zero attached hydrogens (tertiary/aromatic N) is 2. The standard InChI is InChI=1S/C14H24ClN3O/c1-4-6-13-17-12(15)9-14(18-13)16-7-5-8-19-10-11(2)3/h9,11H,4-8,10H2,1-3H3,(H,16,17,18). The van der Waals surface area contributed by atoms with Crippen LogP contribution in [-0.2, 0) is 11.2 Å². The van der Waals surface area contributed by atoms with Crippen molar-refractivity contribution in [3.05, 3.63) is 17.0 Å². The molecule has 0 aliphatic carbocycles. The molecule has 0 bridgehead atoms. The Bertz CT molecular complexity index is 372. The molecule has 5 heteroatoms. The molecule has 0 saturated carbocycles. The Kier molecular flexibility index (Phi) is 7.75. The lowest BCUT2D eigenvalue weighted by molar-refractivity contribution is 0.110. The molecule has 1 N–H and O–H groups in total. The van der Waals surface area contributed by atoms with Crippen LogP contribution in [0.5, 0.6) is 0 Å². The van der Waals surface area contributed by atoms with Gasteiger partial charge in [-0.05, 0) is 18.8 Å². The number of hydrogen-bond acceptors (Lipinski definition) is 4. The minimum Gasteiger partial charge on any atom is -0.381 e. The van der Waals surface area contributed by atoms with E-state index in [1.54, 1.807) is 6.07 Å². The first-order valence-electron chi connectivity index (χ1n) is 6.97. The van der Waals surface area contributed by atoms with Crippen LogP contribution in [-0.4, -0.2) is 29.7 Å². The van der Waals surface area contributed by atoms with Gasteiger partial charge in [-0.2, -0.15) is 0 Å². The largest absolute Gasteiger partial charge is 0.381 e. The Morgan fingerprint density at radius 2 is 2.16 bits per heavy atom. The first-order chi connectivity index (χ1) is 9.11. The maximum atomic E-state index is 5.97. The summed E-state index contributed by atoms with van der Waals surface area (Å²) >= 11 is 5.97. The van der Waals surface area contributed by atoms with Crippen molar-refractivity contribution in [1.82, 2.24) is 9.97 Å². The molecule has 0 fully saturated rings. The number of halogens is 1. The number of aromatic nitrogens is 2. The fraction of sp³-hybridized carbons (Fsp3) is 0.714. The van der Waals surface area contributed by atoms with Crippen molar-refractivity contribution in [2.24, 2.45) is 5.92 Å². The average molecular weight is 286 g/mol. The summed E-state index contributed by atoms with van der Waals surface area (Å²) in [6.45, 7) is 8.82. The van der Waals surface area contributed by atoms with Crippen LogP contribution in [0.25, 0.3) is 0 Å². The lowest BCUT2D eigenvalue weighted by atomic mass is 10.2. The van der Waals surface area contributed by atoms with Crippen molar-refractivity contribution < 1.29 is 4.74 Å². The summed E-state index contributed by atoms with van der Waals surface area (Å²) in [6.07, 6.45) is 2.83. The highest BCUT2D eigenvalue weighted by molar-refractivity contribution is 6.29. The van der Waals surface area contributed by atoms with E-state index in [-0.39, 0.29) is 0 Å². The van der Waals surface area contributed by atoms with Gasteiger partial charge < -0.3 is 10.1 Å². The summed E-state index contributed by atoms with van der Waals surface area (Å²) in [5.74, 6) is 2.19. The highest BCUT2D eigenvalue weighted by Gasteiger charge is 2.02. The number of rotatable bonds is 9. The van der Waals surface area contributed by atoms with Crippen molar-refractivity contribution in [2.75, 3.05) is 25.1 Å². The van der Waals surface area contributed by atoms with Crippen LogP contribution in [0.3, 0.4) is 0 Å². The Hall–Kier alpha value is -0.870. The zero-order valence-corrected chi connectivity index (χ0v) is 12.8. The second-order valence-corrected chi connectivity index (χ2v) is 5.38. The van der Waals surface area contributed by atoms with Gasteiger partial charge in [-0.3, -0.25) is 0 Å². The van der Waals surface area contributed by atoms with Crippen LogP contribution in [0.1, 0.15) is 39.4 Å². The molecule has 108 valence electrons. The molecule has 0 unspecified atom stereocenters. The van der Waals surface area contributed by atoms with Gasteiger partial charge in [0, 0.05) is 32.2 Å². The molecule has 4 nitrogen and oxygen atoms in total. The monoisotopic (exact) mass is 285 g/mol. The topological polar surface area (TPSA) is 47.0 Å². The summed E-state index contributed by atoms with van der Waals surface area (Å²) < 4.78 is 5.52. The van der Waals surface area contributed by atoms with E-state index < -0.39 is 0 Å². The summed E-state index contributed by atoms with van der Waals surface area (Å²) in [4.78, 5) is 8.61. The Labute approximate surface area is 120 Å². The average Bonchev–Trinajstić information content (AvgIpc) is 2.33. The van der Waals surface area contributed by atoms with Crippen LogP contribution in [0.15, 0.2) is 6.07 Å². The van der Waals surface area contributed by atoms with E-state index >= 15 is 0 Å². The van der Waals surface area contributed by atoms with Crippen molar-refractivity contribution in [2.45, 2.75) is 40.0 Å². The van der Waals surface area contributed by atoms with Crippen LogP contribution in [0, 0.1) is 5.92 Å². The molecule has 0 aromatic carbocycles. The third-order valence-electron chi connectivity index (χ3n) is 2.44. The van der Waals surface area contributed by atoms with Gasteiger partial charge in [0.25, 0.3) is 0 Å². The molecule has 1 aromatic heterocycles. The van der Waals surface area contributed by atoms with Crippen LogP contribution in [0.2, 0.25) is 5.15 Å². The molecule has 1 rings (SSSR count). The normalized spacial score (nSPS) is 11.0. The lowest BCUT2D eigenvalue weighted by Crippen LogP contribution is -2.10. The summed E-state index contributed by atoms with van der Waals surface area (Å²) in [6, 6.07) is 1.76. The molecule has 1 heterocycles. The molecule has 0 atom stereocenters. The quantitative estimate of drug-likeness (QED) is 0.557. The van der Waals surface area contributed by atoms with Crippen molar-refractivity contribution in [3.8, 4) is 0 Å². The molecule has 1 aromatic rings. The van der Waals surface area contributed by atoms with E-state index in [4.69, 9.17) is 16.3 Å². The number of aryl methyl sites for hydroxylation is 1. The summed E-state index contributed by atoms with van der Waals surface area (Å²) in [5.41, 5.74) is 0. The SMILES string of the molecule is CCCc1nc(Cl)cc(NCCCOCC(C)C)n1. The first-order valence-corrected chi connectivity index (χ1v) is 7.34. The minimum atomic E-state index is 0.497. The van der Waals surface area contributed by atoms with Crippen molar-refractivity contribution >= 4 is 17.4 Å². The maximum Gasteiger partial charge on any atom is 0.134 e. The number of hydrogen-bond donors (Lipinski definition) is 1.